The lowest BCUT2D eigenvalue weighted by Crippen LogP contribution is -2.37. The van der Waals surface area contributed by atoms with Crippen LogP contribution < -0.4 is 14.8 Å². The van der Waals surface area contributed by atoms with Crippen LogP contribution >= 0.6 is 0 Å². The second-order valence-electron chi connectivity index (χ2n) is 6.54. The van der Waals surface area contributed by atoms with Gasteiger partial charge >= 0.3 is 0 Å². The number of nitrogens with zero attached hydrogens (tertiary/aromatic N) is 3. The lowest BCUT2D eigenvalue weighted by atomic mass is 9.96. The van der Waals surface area contributed by atoms with Crippen LogP contribution in [0.1, 0.15) is 30.1 Å². The predicted molar refractivity (Wildman–Crippen MR) is 90.5 cm³/mol. The minimum absolute atomic E-state index is 0.00497. The van der Waals surface area contributed by atoms with E-state index in [0.717, 1.165) is 54.5 Å². The maximum absolute atomic E-state index is 12.5. The standard InChI is InChI=1S/C18H22N4O3/c1-24-14-6-5-12-8-13(11-25-15(12)9-14)18(23)19-10-17-21-20-16-4-2-3-7-22(16)17/h5-6,9,13H,2-4,7-8,10-11H2,1H3,(H,19,23). The van der Waals surface area contributed by atoms with Gasteiger partial charge in [-0.05, 0) is 30.9 Å². The molecule has 7 nitrogen and oxygen atoms in total. The maximum atomic E-state index is 12.5. The Morgan fingerprint density at radius 1 is 1.40 bits per heavy atom. The number of aryl methyl sites for hydroxylation is 1. The molecule has 1 unspecified atom stereocenters. The number of aromatic nitrogens is 3. The summed E-state index contributed by atoms with van der Waals surface area (Å²) in [5.41, 5.74) is 1.03. The zero-order valence-corrected chi connectivity index (χ0v) is 14.3. The summed E-state index contributed by atoms with van der Waals surface area (Å²) in [5, 5.41) is 11.4. The number of hydrogen-bond acceptors (Lipinski definition) is 5. The molecule has 4 rings (SSSR count). The molecule has 1 aromatic carbocycles. The monoisotopic (exact) mass is 342 g/mol. The zero-order valence-electron chi connectivity index (χ0n) is 14.3. The maximum Gasteiger partial charge on any atom is 0.227 e. The van der Waals surface area contributed by atoms with Gasteiger partial charge in [-0.15, -0.1) is 10.2 Å². The van der Waals surface area contributed by atoms with Gasteiger partial charge in [-0.2, -0.15) is 0 Å². The van der Waals surface area contributed by atoms with Gasteiger partial charge in [0.25, 0.3) is 0 Å². The molecular weight excluding hydrogens is 320 g/mol. The van der Waals surface area contributed by atoms with Crippen molar-refractivity contribution in [1.29, 1.82) is 0 Å². The minimum atomic E-state index is -0.190. The fourth-order valence-electron chi connectivity index (χ4n) is 3.46. The van der Waals surface area contributed by atoms with Crippen LogP contribution in [0.2, 0.25) is 0 Å². The van der Waals surface area contributed by atoms with Gasteiger partial charge < -0.3 is 19.4 Å². The molecule has 1 aromatic heterocycles. The minimum Gasteiger partial charge on any atom is -0.497 e. The topological polar surface area (TPSA) is 78.3 Å². The van der Waals surface area contributed by atoms with Crippen LogP contribution in [0, 0.1) is 5.92 Å². The lowest BCUT2D eigenvalue weighted by molar-refractivity contribution is -0.126. The summed E-state index contributed by atoms with van der Waals surface area (Å²) in [4.78, 5) is 12.5. The Morgan fingerprint density at radius 2 is 2.32 bits per heavy atom. The first-order valence-electron chi connectivity index (χ1n) is 8.73. The smallest absolute Gasteiger partial charge is 0.227 e. The van der Waals surface area contributed by atoms with E-state index in [1.807, 2.05) is 18.2 Å². The van der Waals surface area contributed by atoms with Crippen LogP contribution in [-0.2, 0) is 30.7 Å². The van der Waals surface area contributed by atoms with Crippen molar-refractivity contribution in [2.75, 3.05) is 13.7 Å². The van der Waals surface area contributed by atoms with Crippen molar-refractivity contribution in [3.05, 3.63) is 35.4 Å². The number of amides is 1. The first-order chi connectivity index (χ1) is 12.2. The Kier molecular flexibility index (Phi) is 4.29. The average molecular weight is 342 g/mol. The van der Waals surface area contributed by atoms with Gasteiger partial charge in [-0.1, -0.05) is 6.07 Å². The number of nitrogens with one attached hydrogen (secondary N) is 1. The Labute approximate surface area is 146 Å². The molecule has 7 heteroatoms. The summed E-state index contributed by atoms with van der Waals surface area (Å²) >= 11 is 0. The second kappa shape index (κ2) is 6.74. The van der Waals surface area contributed by atoms with Gasteiger partial charge in [0.1, 0.15) is 23.9 Å². The molecule has 2 aliphatic rings. The van der Waals surface area contributed by atoms with E-state index >= 15 is 0 Å². The van der Waals surface area contributed by atoms with E-state index in [1.165, 1.54) is 0 Å². The van der Waals surface area contributed by atoms with Crippen LogP contribution in [0.4, 0.5) is 0 Å². The molecule has 2 aliphatic heterocycles. The van der Waals surface area contributed by atoms with Crippen molar-refractivity contribution in [2.24, 2.45) is 5.92 Å². The summed E-state index contributed by atoms with van der Waals surface area (Å²) in [5.74, 6) is 3.23. The van der Waals surface area contributed by atoms with Gasteiger partial charge in [0.05, 0.1) is 19.6 Å². The molecule has 132 valence electrons. The van der Waals surface area contributed by atoms with E-state index in [0.29, 0.717) is 19.6 Å². The van der Waals surface area contributed by atoms with Crippen LogP contribution in [0.5, 0.6) is 11.5 Å². The molecule has 0 spiro atoms. The highest BCUT2D eigenvalue weighted by Gasteiger charge is 2.26. The first kappa shape index (κ1) is 15.9. The molecule has 3 heterocycles. The Bertz CT molecular complexity index is 787. The van der Waals surface area contributed by atoms with E-state index in [-0.39, 0.29) is 11.8 Å². The average Bonchev–Trinajstić information content (AvgIpc) is 3.08. The van der Waals surface area contributed by atoms with E-state index < -0.39 is 0 Å². The molecule has 0 saturated carbocycles. The van der Waals surface area contributed by atoms with E-state index in [9.17, 15) is 4.79 Å². The summed E-state index contributed by atoms with van der Waals surface area (Å²) in [6.45, 7) is 1.73. The number of carbonyl (C=O) groups is 1. The van der Waals surface area contributed by atoms with Crippen LogP contribution in [0.3, 0.4) is 0 Å². The van der Waals surface area contributed by atoms with Crippen molar-refractivity contribution in [1.82, 2.24) is 20.1 Å². The van der Waals surface area contributed by atoms with E-state index in [4.69, 9.17) is 9.47 Å². The van der Waals surface area contributed by atoms with Crippen molar-refractivity contribution in [3.63, 3.8) is 0 Å². The zero-order chi connectivity index (χ0) is 17.2. The molecule has 0 fully saturated rings. The largest absolute Gasteiger partial charge is 0.497 e. The van der Waals surface area contributed by atoms with Gasteiger partial charge in [-0.25, -0.2) is 0 Å². The Hall–Kier alpha value is -2.57. The number of hydrogen-bond donors (Lipinski definition) is 1. The number of carbonyl (C=O) groups excluding carboxylic acids is 1. The highest BCUT2D eigenvalue weighted by atomic mass is 16.5. The number of ether oxygens (including phenoxy) is 2. The first-order valence-corrected chi connectivity index (χ1v) is 8.73. The number of methoxy groups -OCH3 is 1. The number of fused-ring (bicyclic) bond motifs is 2. The molecule has 2 aromatic rings. The third kappa shape index (κ3) is 3.18. The fourth-order valence-corrected chi connectivity index (χ4v) is 3.46. The summed E-state index contributed by atoms with van der Waals surface area (Å²) in [6.07, 6.45) is 3.94. The van der Waals surface area contributed by atoms with Crippen LogP contribution in [0.25, 0.3) is 0 Å². The van der Waals surface area contributed by atoms with Gasteiger partial charge in [0.15, 0.2) is 5.82 Å². The molecule has 1 atom stereocenters. The number of benzene rings is 1. The van der Waals surface area contributed by atoms with Crippen molar-refractivity contribution >= 4 is 5.91 Å². The molecule has 0 saturated heterocycles. The normalized spacial score (nSPS) is 18.7. The molecule has 0 radical (unpaired) electrons. The molecule has 1 N–H and O–H groups in total. The highest BCUT2D eigenvalue weighted by Crippen LogP contribution is 2.31. The predicted octanol–water partition coefficient (Wildman–Crippen LogP) is 1.49. The van der Waals surface area contributed by atoms with Gasteiger partial charge in [-0.3, -0.25) is 4.79 Å². The van der Waals surface area contributed by atoms with Crippen LogP contribution in [-0.4, -0.2) is 34.4 Å². The van der Waals surface area contributed by atoms with Crippen molar-refractivity contribution in [2.45, 2.75) is 38.8 Å². The summed E-state index contributed by atoms with van der Waals surface area (Å²) < 4.78 is 13.1. The second-order valence-corrected chi connectivity index (χ2v) is 6.54. The van der Waals surface area contributed by atoms with E-state index in [2.05, 4.69) is 20.1 Å². The lowest BCUT2D eigenvalue weighted by Gasteiger charge is -2.25. The quantitative estimate of drug-likeness (QED) is 0.911. The summed E-state index contributed by atoms with van der Waals surface area (Å²) in [6, 6.07) is 5.72. The SMILES string of the molecule is COc1ccc2c(c1)OCC(C(=O)NCc1nnc3n1CCCC3)C2. The molecule has 0 bridgehead atoms. The number of rotatable bonds is 4. The highest BCUT2D eigenvalue weighted by molar-refractivity contribution is 5.79. The Balaban J connectivity index is 1.38. The third-order valence-corrected chi connectivity index (χ3v) is 4.91. The fraction of sp³-hybridized carbons (Fsp3) is 0.500. The molecular formula is C18H22N4O3. The summed E-state index contributed by atoms with van der Waals surface area (Å²) in [7, 11) is 1.63. The van der Waals surface area contributed by atoms with E-state index in [1.54, 1.807) is 7.11 Å². The van der Waals surface area contributed by atoms with Crippen molar-refractivity contribution in [3.8, 4) is 11.5 Å². The van der Waals surface area contributed by atoms with Crippen molar-refractivity contribution < 1.29 is 14.3 Å². The van der Waals surface area contributed by atoms with Crippen LogP contribution in [0.15, 0.2) is 18.2 Å². The van der Waals surface area contributed by atoms with Gasteiger partial charge in [0, 0.05) is 19.0 Å². The molecule has 25 heavy (non-hydrogen) atoms. The third-order valence-electron chi connectivity index (χ3n) is 4.91. The Morgan fingerprint density at radius 3 is 3.20 bits per heavy atom. The molecule has 1 amide bonds. The van der Waals surface area contributed by atoms with Gasteiger partial charge in [0.2, 0.25) is 5.91 Å². The molecule has 0 aliphatic carbocycles.